The number of carbonyl (C=O) groups is 3. The first kappa shape index (κ1) is 17.5. The second-order valence-corrected chi connectivity index (χ2v) is 5.91. The first-order chi connectivity index (χ1) is 12.5. The zero-order chi connectivity index (χ0) is 18.7. The van der Waals surface area contributed by atoms with Gasteiger partial charge in [0.1, 0.15) is 6.04 Å². The van der Waals surface area contributed by atoms with E-state index in [-0.39, 0.29) is 5.56 Å². The van der Waals surface area contributed by atoms with Crippen LogP contribution in [0.5, 0.6) is 0 Å². The van der Waals surface area contributed by atoms with Crippen LogP contribution in [0.25, 0.3) is 0 Å². The lowest BCUT2D eigenvalue weighted by molar-refractivity contribution is -0.121. The maximum atomic E-state index is 13.0. The number of hydrogen-bond donors (Lipinski definition) is 2. The number of carbonyl (C=O) groups excluding carboxylic acids is 3. The lowest BCUT2D eigenvalue weighted by Gasteiger charge is -2.35. The van der Waals surface area contributed by atoms with Crippen molar-refractivity contribution < 1.29 is 19.1 Å². The molecule has 0 radical (unpaired) electrons. The molecule has 0 aromatic heterocycles. The lowest BCUT2D eigenvalue weighted by atomic mass is 9.92. The average Bonchev–Trinajstić information content (AvgIpc) is 2.66. The zero-order valence-corrected chi connectivity index (χ0v) is 14.3. The topological polar surface area (TPSA) is 102 Å². The van der Waals surface area contributed by atoms with Crippen molar-refractivity contribution in [3.05, 3.63) is 65.2 Å². The molecule has 1 aliphatic heterocycles. The van der Waals surface area contributed by atoms with Gasteiger partial charge in [-0.3, -0.25) is 14.5 Å². The molecule has 2 aromatic rings. The number of ether oxygens (including phenoxy) is 1. The van der Waals surface area contributed by atoms with Crippen LogP contribution in [-0.2, 0) is 16.0 Å². The van der Waals surface area contributed by atoms with Crippen molar-refractivity contribution in [1.82, 2.24) is 4.90 Å². The van der Waals surface area contributed by atoms with Gasteiger partial charge in [-0.2, -0.15) is 0 Å². The predicted molar refractivity (Wildman–Crippen MR) is 95.6 cm³/mol. The van der Waals surface area contributed by atoms with Crippen LogP contribution in [0.4, 0.5) is 10.5 Å². The van der Waals surface area contributed by atoms with E-state index in [0.29, 0.717) is 18.7 Å². The highest BCUT2D eigenvalue weighted by Crippen LogP contribution is 2.31. The Labute approximate surface area is 150 Å². The Kier molecular flexibility index (Phi) is 4.88. The summed E-state index contributed by atoms with van der Waals surface area (Å²) in [7, 11) is 1.28. The van der Waals surface area contributed by atoms with Crippen LogP contribution < -0.4 is 11.1 Å². The number of fused-ring (bicyclic) bond motifs is 1. The van der Waals surface area contributed by atoms with Gasteiger partial charge >= 0.3 is 6.09 Å². The smallest absolute Gasteiger partial charge is 0.410 e. The maximum Gasteiger partial charge on any atom is 0.410 e. The average molecular weight is 353 g/mol. The Balaban J connectivity index is 1.97. The third kappa shape index (κ3) is 3.23. The number of para-hydroxylation sites is 1. The molecule has 0 saturated carbocycles. The summed E-state index contributed by atoms with van der Waals surface area (Å²) in [5.74, 6) is -1.08. The molecule has 3 rings (SSSR count). The number of methoxy groups -OCH3 is 1. The van der Waals surface area contributed by atoms with Crippen molar-refractivity contribution in [2.45, 2.75) is 12.5 Å². The van der Waals surface area contributed by atoms with E-state index in [9.17, 15) is 14.4 Å². The van der Waals surface area contributed by atoms with E-state index in [1.54, 1.807) is 18.2 Å². The van der Waals surface area contributed by atoms with E-state index >= 15 is 0 Å². The quantitative estimate of drug-likeness (QED) is 0.882. The van der Waals surface area contributed by atoms with Crippen molar-refractivity contribution >= 4 is 23.6 Å². The van der Waals surface area contributed by atoms with E-state index in [0.717, 1.165) is 11.1 Å². The van der Waals surface area contributed by atoms with Gasteiger partial charge in [0, 0.05) is 6.54 Å². The Morgan fingerprint density at radius 2 is 1.81 bits per heavy atom. The van der Waals surface area contributed by atoms with Gasteiger partial charge in [0.05, 0.1) is 18.4 Å². The minimum Gasteiger partial charge on any atom is -0.453 e. The van der Waals surface area contributed by atoms with E-state index in [4.69, 9.17) is 10.5 Å². The minimum absolute atomic E-state index is 0.203. The zero-order valence-electron chi connectivity index (χ0n) is 14.3. The number of anilines is 1. The fraction of sp³-hybridized carbons (Fsp3) is 0.211. The Hall–Kier alpha value is -3.35. The first-order valence-corrected chi connectivity index (χ1v) is 8.15. The largest absolute Gasteiger partial charge is 0.453 e. The van der Waals surface area contributed by atoms with E-state index in [1.165, 1.54) is 18.1 Å². The van der Waals surface area contributed by atoms with Gasteiger partial charge in [-0.15, -0.1) is 0 Å². The van der Waals surface area contributed by atoms with Gasteiger partial charge in [-0.05, 0) is 29.7 Å². The molecule has 2 aromatic carbocycles. The molecule has 0 bridgehead atoms. The Morgan fingerprint density at radius 1 is 1.12 bits per heavy atom. The Morgan fingerprint density at radius 3 is 2.54 bits per heavy atom. The standard InChI is InChI=1S/C19H19N3O4/c1-26-19(25)22-11-10-12-6-2-3-7-13(12)16(22)18(24)21-15-9-5-4-8-14(15)17(20)23/h2-9,16H,10-11H2,1H3,(H2,20,23)(H,21,24)/t16-/m1/s1. The van der Waals surface area contributed by atoms with Crippen LogP contribution in [0.3, 0.4) is 0 Å². The van der Waals surface area contributed by atoms with Gasteiger partial charge in [0.2, 0.25) is 0 Å². The normalized spacial score (nSPS) is 15.7. The number of nitrogens with one attached hydrogen (secondary N) is 1. The van der Waals surface area contributed by atoms with E-state index in [2.05, 4.69) is 5.32 Å². The van der Waals surface area contributed by atoms with Gasteiger partial charge in [0.25, 0.3) is 11.8 Å². The van der Waals surface area contributed by atoms with Crippen LogP contribution >= 0.6 is 0 Å². The second kappa shape index (κ2) is 7.26. The molecule has 1 heterocycles. The third-order valence-corrected chi connectivity index (χ3v) is 4.39. The lowest BCUT2D eigenvalue weighted by Crippen LogP contribution is -2.45. The van der Waals surface area contributed by atoms with Crippen molar-refractivity contribution in [3.63, 3.8) is 0 Å². The molecule has 0 spiro atoms. The molecule has 7 heteroatoms. The number of nitrogens with zero attached hydrogens (tertiary/aromatic N) is 1. The summed E-state index contributed by atoms with van der Waals surface area (Å²) in [6.07, 6.45) is 0.0512. The summed E-state index contributed by atoms with van der Waals surface area (Å²) in [5, 5.41) is 2.72. The summed E-state index contributed by atoms with van der Waals surface area (Å²) in [6, 6.07) is 13.1. The highest BCUT2D eigenvalue weighted by Gasteiger charge is 2.36. The number of hydrogen-bond acceptors (Lipinski definition) is 4. The summed E-state index contributed by atoms with van der Waals surface area (Å²) < 4.78 is 4.83. The van der Waals surface area contributed by atoms with Gasteiger partial charge < -0.3 is 15.8 Å². The molecular weight excluding hydrogens is 334 g/mol. The van der Waals surface area contributed by atoms with Crippen LogP contribution in [0.1, 0.15) is 27.5 Å². The molecule has 1 atom stereocenters. The Bertz CT molecular complexity index is 865. The number of nitrogens with two attached hydrogens (primary N) is 1. The second-order valence-electron chi connectivity index (χ2n) is 5.91. The molecular formula is C19H19N3O4. The summed E-state index contributed by atoms with van der Waals surface area (Å²) in [4.78, 5) is 38.2. The molecule has 1 aliphatic rings. The van der Waals surface area contributed by atoms with Crippen LogP contribution in [-0.4, -0.2) is 36.5 Å². The highest BCUT2D eigenvalue weighted by atomic mass is 16.5. The van der Waals surface area contributed by atoms with Crippen molar-refractivity contribution in [2.24, 2.45) is 5.73 Å². The molecule has 0 aliphatic carbocycles. The molecule has 26 heavy (non-hydrogen) atoms. The molecule has 7 nitrogen and oxygen atoms in total. The first-order valence-electron chi connectivity index (χ1n) is 8.15. The van der Waals surface area contributed by atoms with Gasteiger partial charge in [-0.1, -0.05) is 36.4 Å². The highest BCUT2D eigenvalue weighted by molar-refractivity contribution is 6.05. The predicted octanol–water partition coefficient (Wildman–Crippen LogP) is 2.09. The number of benzene rings is 2. The minimum atomic E-state index is -0.853. The van der Waals surface area contributed by atoms with Crippen LogP contribution in [0.15, 0.2) is 48.5 Å². The molecule has 3 amide bonds. The number of primary amides is 1. The molecule has 0 fully saturated rings. The van der Waals surface area contributed by atoms with E-state index in [1.807, 2.05) is 24.3 Å². The van der Waals surface area contributed by atoms with Crippen LogP contribution in [0, 0.1) is 0 Å². The third-order valence-electron chi connectivity index (χ3n) is 4.39. The van der Waals surface area contributed by atoms with Crippen molar-refractivity contribution in [1.29, 1.82) is 0 Å². The summed E-state index contributed by atoms with van der Waals surface area (Å²) in [5.41, 5.74) is 7.61. The summed E-state index contributed by atoms with van der Waals surface area (Å²) in [6.45, 7) is 0.360. The monoisotopic (exact) mass is 353 g/mol. The molecule has 134 valence electrons. The van der Waals surface area contributed by atoms with Crippen molar-refractivity contribution in [3.8, 4) is 0 Å². The molecule has 3 N–H and O–H groups in total. The van der Waals surface area contributed by atoms with Crippen molar-refractivity contribution in [2.75, 3.05) is 19.0 Å². The SMILES string of the molecule is COC(=O)N1CCc2ccccc2[C@@H]1C(=O)Nc1ccccc1C(N)=O. The number of amides is 3. The summed E-state index contributed by atoms with van der Waals surface area (Å²) >= 11 is 0. The van der Waals surface area contributed by atoms with E-state index < -0.39 is 23.9 Å². The number of rotatable bonds is 3. The van der Waals surface area contributed by atoms with Gasteiger partial charge in [0.15, 0.2) is 0 Å². The molecule has 0 unspecified atom stereocenters. The van der Waals surface area contributed by atoms with Gasteiger partial charge in [-0.25, -0.2) is 4.79 Å². The molecule has 0 saturated heterocycles. The fourth-order valence-corrected chi connectivity index (χ4v) is 3.17. The van der Waals surface area contributed by atoms with Crippen LogP contribution in [0.2, 0.25) is 0 Å². The maximum absolute atomic E-state index is 13.0. The fourth-order valence-electron chi connectivity index (χ4n) is 3.17.